The van der Waals surface area contributed by atoms with Crippen LogP contribution in [0, 0.1) is 5.92 Å². The highest BCUT2D eigenvalue weighted by Crippen LogP contribution is 2.35. The number of carbonyl (C=O) groups is 1. The van der Waals surface area contributed by atoms with Crippen LogP contribution in [0.5, 0.6) is 0 Å². The molecular weight excluding hydrogens is 259 g/mol. The van der Waals surface area contributed by atoms with Crippen LogP contribution < -0.4 is 4.90 Å². The molecule has 1 aliphatic rings. The first-order valence-electron chi connectivity index (χ1n) is 5.94. The second kappa shape index (κ2) is 4.75. The van der Waals surface area contributed by atoms with Crippen molar-refractivity contribution in [1.29, 1.82) is 0 Å². The summed E-state index contributed by atoms with van der Waals surface area (Å²) in [6.45, 7) is 0.740. The Kier molecular flexibility index (Phi) is 3.43. The minimum Gasteiger partial charge on any atom is -0.478 e. The van der Waals surface area contributed by atoms with Crippen molar-refractivity contribution in [2.45, 2.75) is 19.0 Å². The summed E-state index contributed by atoms with van der Waals surface area (Å²) in [5.41, 5.74) is -1.31. The number of carboxylic acids is 1. The summed E-state index contributed by atoms with van der Waals surface area (Å²) < 4.78 is 38.1. The van der Waals surface area contributed by atoms with E-state index in [2.05, 4.69) is 0 Å². The lowest BCUT2D eigenvalue weighted by Crippen LogP contribution is -2.21. The fourth-order valence-corrected chi connectivity index (χ4v) is 1.99. The van der Waals surface area contributed by atoms with Crippen LogP contribution in [-0.2, 0) is 6.18 Å². The molecule has 1 N–H and O–H groups in total. The topological polar surface area (TPSA) is 40.5 Å². The highest BCUT2D eigenvalue weighted by atomic mass is 19.4. The summed E-state index contributed by atoms with van der Waals surface area (Å²) in [6, 6.07) is 3.24. The standard InChI is InChI=1S/C13H14F3NO2/c1-17(7-8-2-3-8)9-4-5-11(13(14,15)16)10(6-9)12(18)19/h4-6,8H,2-3,7H2,1H3,(H,18,19). The lowest BCUT2D eigenvalue weighted by atomic mass is 10.1. The highest BCUT2D eigenvalue weighted by Gasteiger charge is 2.35. The van der Waals surface area contributed by atoms with Gasteiger partial charge in [-0.3, -0.25) is 0 Å². The van der Waals surface area contributed by atoms with Crippen LogP contribution >= 0.6 is 0 Å². The fourth-order valence-electron chi connectivity index (χ4n) is 1.99. The molecule has 0 atom stereocenters. The molecule has 0 radical (unpaired) electrons. The number of aromatic carboxylic acids is 1. The molecule has 1 fully saturated rings. The number of nitrogens with zero attached hydrogens (tertiary/aromatic N) is 1. The number of halogens is 3. The van der Waals surface area contributed by atoms with E-state index >= 15 is 0 Å². The minimum atomic E-state index is -4.65. The minimum absolute atomic E-state index is 0.498. The molecule has 0 spiro atoms. The van der Waals surface area contributed by atoms with Gasteiger partial charge in [-0.1, -0.05) is 0 Å². The Balaban J connectivity index is 2.32. The lowest BCUT2D eigenvalue weighted by Gasteiger charge is -2.20. The van der Waals surface area contributed by atoms with Gasteiger partial charge in [0.15, 0.2) is 0 Å². The van der Waals surface area contributed by atoms with Gasteiger partial charge in [-0.05, 0) is 37.0 Å². The summed E-state index contributed by atoms with van der Waals surface area (Å²) >= 11 is 0. The number of alkyl halides is 3. The molecule has 3 nitrogen and oxygen atoms in total. The van der Waals surface area contributed by atoms with E-state index in [-0.39, 0.29) is 0 Å². The van der Waals surface area contributed by atoms with E-state index in [0.717, 1.165) is 31.5 Å². The maximum absolute atomic E-state index is 12.7. The third kappa shape index (κ3) is 3.19. The average molecular weight is 273 g/mol. The molecule has 2 rings (SSSR count). The number of anilines is 1. The van der Waals surface area contributed by atoms with Crippen LogP contribution in [-0.4, -0.2) is 24.7 Å². The Morgan fingerprint density at radius 2 is 2.05 bits per heavy atom. The summed E-state index contributed by atoms with van der Waals surface area (Å²) in [6.07, 6.45) is -2.41. The van der Waals surface area contributed by atoms with Crippen molar-refractivity contribution in [3.63, 3.8) is 0 Å². The maximum atomic E-state index is 12.7. The van der Waals surface area contributed by atoms with Crippen molar-refractivity contribution in [2.24, 2.45) is 5.92 Å². The van der Waals surface area contributed by atoms with Gasteiger partial charge in [-0.25, -0.2) is 4.79 Å². The third-order valence-electron chi connectivity index (χ3n) is 3.21. The fraction of sp³-hybridized carbons (Fsp3) is 0.462. The maximum Gasteiger partial charge on any atom is 0.417 e. The zero-order chi connectivity index (χ0) is 14.2. The lowest BCUT2D eigenvalue weighted by molar-refractivity contribution is -0.138. The quantitative estimate of drug-likeness (QED) is 0.915. The van der Waals surface area contributed by atoms with Crippen LogP contribution in [0.15, 0.2) is 18.2 Å². The molecule has 0 bridgehead atoms. The molecular formula is C13H14F3NO2. The average Bonchev–Trinajstić information content (AvgIpc) is 3.10. The SMILES string of the molecule is CN(CC1CC1)c1ccc(C(F)(F)F)c(C(=O)O)c1. The summed E-state index contributed by atoms with van der Waals surface area (Å²) in [5, 5.41) is 8.91. The van der Waals surface area contributed by atoms with Crippen molar-refractivity contribution < 1.29 is 23.1 Å². The van der Waals surface area contributed by atoms with Gasteiger partial charge in [0.05, 0.1) is 11.1 Å². The van der Waals surface area contributed by atoms with Gasteiger partial charge in [-0.2, -0.15) is 13.2 Å². The van der Waals surface area contributed by atoms with Crippen LogP contribution in [0.3, 0.4) is 0 Å². The smallest absolute Gasteiger partial charge is 0.417 e. The Bertz CT molecular complexity index is 495. The molecule has 104 valence electrons. The number of carboxylic acid groups (broad SMARTS) is 1. The van der Waals surface area contributed by atoms with Gasteiger partial charge in [0.2, 0.25) is 0 Å². The molecule has 0 aliphatic heterocycles. The number of hydrogen-bond donors (Lipinski definition) is 1. The number of rotatable bonds is 4. The molecule has 0 aromatic heterocycles. The highest BCUT2D eigenvalue weighted by molar-refractivity contribution is 5.91. The van der Waals surface area contributed by atoms with Crippen molar-refractivity contribution in [3.8, 4) is 0 Å². The van der Waals surface area contributed by atoms with E-state index in [1.165, 1.54) is 6.07 Å². The second-order valence-corrected chi connectivity index (χ2v) is 4.86. The predicted molar refractivity (Wildman–Crippen MR) is 64.4 cm³/mol. The number of hydrogen-bond acceptors (Lipinski definition) is 2. The van der Waals surface area contributed by atoms with Gasteiger partial charge < -0.3 is 10.0 Å². The molecule has 6 heteroatoms. The van der Waals surface area contributed by atoms with E-state index in [9.17, 15) is 18.0 Å². The Morgan fingerprint density at radius 1 is 1.42 bits per heavy atom. The van der Waals surface area contributed by atoms with Crippen LogP contribution in [0.1, 0.15) is 28.8 Å². The Labute approximate surface area is 108 Å². The van der Waals surface area contributed by atoms with Gasteiger partial charge in [0, 0.05) is 19.3 Å². The van der Waals surface area contributed by atoms with Crippen LogP contribution in [0.2, 0.25) is 0 Å². The first-order valence-corrected chi connectivity index (χ1v) is 5.94. The Hall–Kier alpha value is -1.72. The molecule has 1 aliphatic carbocycles. The second-order valence-electron chi connectivity index (χ2n) is 4.86. The number of benzene rings is 1. The molecule has 1 saturated carbocycles. The van der Waals surface area contributed by atoms with Gasteiger partial charge in [0.25, 0.3) is 0 Å². The molecule has 1 aromatic carbocycles. The Morgan fingerprint density at radius 3 is 2.53 bits per heavy atom. The van der Waals surface area contributed by atoms with E-state index in [1.807, 2.05) is 0 Å². The summed E-state index contributed by atoms with van der Waals surface area (Å²) in [4.78, 5) is 12.8. The largest absolute Gasteiger partial charge is 0.478 e. The molecule has 19 heavy (non-hydrogen) atoms. The zero-order valence-electron chi connectivity index (χ0n) is 10.4. The van der Waals surface area contributed by atoms with E-state index in [0.29, 0.717) is 11.6 Å². The normalized spacial score (nSPS) is 15.4. The first-order chi connectivity index (χ1) is 8.79. The van der Waals surface area contributed by atoms with E-state index in [4.69, 9.17) is 5.11 Å². The van der Waals surface area contributed by atoms with E-state index < -0.39 is 23.3 Å². The van der Waals surface area contributed by atoms with Crippen molar-refractivity contribution in [3.05, 3.63) is 29.3 Å². The molecule has 0 amide bonds. The predicted octanol–water partition coefficient (Wildman–Crippen LogP) is 3.25. The van der Waals surface area contributed by atoms with Gasteiger partial charge in [0.1, 0.15) is 0 Å². The first kappa shape index (κ1) is 13.7. The van der Waals surface area contributed by atoms with Gasteiger partial charge in [-0.15, -0.1) is 0 Å². The van der Waals surface area contributed by atoms with Gasteiger partial charge >= 0.3 is 12.1 Å². The monoisotopic (exact) mass is 273 g/mol. The summed E-state index contributed by atoms with van der Waals surface area (Å²) in [5.74, 6) is -0.991. The zero-order valence-corrected chi connectivity index (χ0v) is 10.4. The van der Waals surface area contributed by atoms with Crippen molar-refractivity contribution in [2.75, 3.05) is 18.5 Å². The van der Waals surface area contributed by atoms with Crippen LogP contribution in [0.4, 0.5) is 18.9 Å². The third-order valence-corrected chi connectivity index (χ3v) is 3.21. The molecule has 0 heterocycles. The van der Waals surface area contributed by atoms with E-state index in [1.54, 1.807) is 11.9 Å². The van der Waals surface area contributed by atoms with Crippen molar-refractivity contribution >= 4 is 11.7 Å². The molecule has 0 unspecified atom stereocenters. The van der Waals surface area contributed by atoms with Crippen molar-refractivity contribution in [1.82, 2.24) is 0 Å². The molecule has 1 aromatic rings. The van der Waals surface area contributed by atoms with Crippen LogP contribution in [0.25, 0.3) is 0 Å². The summed E-state index contributed by atoms with van der Waals surface area (Å²) in [7, 11) is 1.76. The molecule has 0 saturated heterocycles.